The summed E-state index contributed by atoms with van der Waals surface area (Å²) in [5, 5.41) is 3.92. The lowest BCUT2D eigenvalue weighted by Crippen LogP contribution is -2.60. The maximum atomic E-state index is 6.18. The van der Waals surface area contributed by atoms with E-state index in [2.05, 4.69) is 42.6 Å². The molecule has 0 bridgehead atoms. The summed E-state index contributed by atoms with van der Waals surface area (Å²) in [6, 6.07) is 10.7. The van der Waals surface area contributed by atoms with Gasteiger partial charge in [-0.1, -0.05) is 60.7 Å². The predicted octanol–water partition coefficient (Wildman–Crippen LogP) is 4.27. The maximum absolute atomic E-state index is 6.18. The molecule has 1 saturated heterocycles. The highest BCUT2D eigenvalue weighted by Crippen LogP contribution is 2.51. The van der Waals surface area contributed by atoms with Crippen LogP contribution in [0.4, 0.5) is 0 Å². The highest BCUT2D eigenvalue weighted by molar-refractivity contribution is 8.23. The molecule has 1 saturated carbocycles. The molecule has 4 heteroatoms. The molecule has 0 amide bonds. The lowest BCUT2D eigenvalue weighted by atomic mass is 9.77. The standard InChI is InChI=1S/C16H21NOS2/c1-2-18-16-11-7-6-10-13(16)14(20-15(19)17-16)12-8-4-3-5-9-12/h3-5,8-9,13-14H,2,6-7,10-11H2,1H3,(H,17,19)/t13-,14-,16-/m1/s1. The van der Waals surface area contributed by atoms with E-state index in [1.165, 1.54) is 24.8 Å². The molecular weight excluding hydrogens is 286 g/mol. The molecule has 2 nitrogen and oxygen atoms in total. The van der Waals surface area contributed by atoms with Gasteiger partial charge in [-0.25, -0.2) is 0 Å². The maximum Gasteiger partial charge on any atom is 0.143 e. The summed E-state index contributed by atoms with van der Waals surface area (Å²) in [5.41, 5.74) is 1.13. The van der Waals surface area contributed by atoms with Crippen molar-refractivity contribution in [2.45, 2.75) is 43.6 Å². The van der Waals surface area contributed by atoms with Crippen LogP contribution in [-0.4, -0.2) is 16.7 Å². The van der Waals surface area contributed by atoms with E-state index in [9.17, 15) is 0 Å². The van der Waals surface area contributed by atoms with E-state index in [1.54, 1.807) is 11.8 Å². The number of hydrogen-bond donors (Lipinski definition) is 1. The van der Waals surface area contributed by atoms with Crippen molar-refractivity contribution in [1.29, 1.82) is 0 Å². The van der Waals surface area contributed by atoms with E-state index < -0.39 is 0 Å². The summed E-state index contributed by atoms with van der Waals surface area (Å²) in [4.78, 5) is 0. The number of benzene rings is 1. The SMILES string of the molecule is CCO[C@]12CCCC[C@@H]1[C@@H](c1ccccc1)SC(=S)N2. The highest BCUT2D eigenvalue weighted by atomic mass is 32.2. The first kappa shape index (κ1) is 14.4. The first-order valence-electron chi connectivity index (χ1n) is 7.43. The Bertz CT molecular complexity index is 475. The summed E-state index contributed by atoms with van der Waals surface area (Å²) in [6.45, 7) is 2.81. The number of rotatable bonds is 3. The van der Waals surface area contributed by atoms with Gasteiger partial charge in [0, 0.05) is 17.8 Å². The van der Waals surface area contributed by atoms with E-state index in [0.29, 0.717) is 11.2 Å². The number of fused-ring (bicyclic) bond motifs is 1. The fourth-order valence-corrected chi connectivity index (χ4v) is 5.30. The second-order valence-corrected chi connectivity index (χ2v) is 7.35. The second-order valence-electron chi connectivity index (χ2n) is 5.54. The third-order valence-corrected chi connectivity index (χ3v) is 5.92. The molecule has 1 aliphatic heterocycles. The lowest BCUT2D eigenvalue weighted by Gasteiger charge is -2.51. The Morgan fingerprint density at radius 3 is 2.90 bits per heavy atom. The number of thioether (sulfide) groups is 1. The molecule has 0 unspecified atom stereocenters. The van der Waals surface area contributed by atoms with Crippen LogP contribution in [0.15, 0.2) is 30.3 Å². The largest absolute Gasteiger partial charge is 0.356 e. The number of ether oxygens (including phenoxy) is 1. The molecule has 0 spiro atoms. The van der Waals surface area contributed by atoms with E-state index in [4.69, 9.17) is 17.0 Å². The van der Waals surface area contributed by atoms with Crippen LogP contribution < -0.4 is 5.32 Å². The van der Waals surface area contributed by atoms with Gasteiger partial charge in [0.2, 0.25) is 0 Å². The molecule has 1 aliphatic carbocycles. The minimum Gasteiger partial charge on any atom is -0.356 e. The molecule has 1 heterocycles. The van der Waals surface area contributed by atoms with Crippen molar-refractivity contribution in [3.63, 3.8) is 0 Å². The van der Waals surface area contributed by atoms with Crippen molar-refractivity contribution in [2.24, 2.45) is 5.92 Å². The molecule has 1 aromatic carbocycles. The molecular formula is C16H21NOS2. The predicted molar refractivity (Wildman–Crippen MR) is 88.8 cm³/mol. The van der Waals surface area contributed by atoms with Gasteiger partial charge in [-0.05, 0) is 31.7 Å². The van der Waals surface area contributed by atoms with Crippen molar-refractivity contribution < 1.29 is 4.74 Å². The molecule has 0 aromatic heterocycles. The number of nitrogens with one attached hydrogen (secondary N) is 1. The van der Waals surface area contributed by atoms with Crippen molar-refractivity contribution in [3.05, 3.63) is 35.9 Å². The Morgan fingerprint density at radius 1 is 1.35 bits per heavy atom. The lowest BCUT2D eigenvalue weighted by molar-refractivity contribution is -0.117. The van der Waals surface area contributed by atoms with Crippen LogP contribution in [0.25, 0.3) is 0 Å². The monoisotopic (exact) mass is 307 g/mol. The Labute approximate surface area is 130 Å². The summed E-state index contributed by atoms with van der Waals surface area (Å²) in [7, 11) is 0. The molecule has 2 fully saturated rings. The highest BCUT2D eigenvalue weighted by Gasteiger charge is 2.50. The van der Waals surface area contributed by atoms with Crippen LogP contribution in [0.5, 0.6) is 0 Å². The Hall–Kier alpha value is -0.580. The van der Waals surface area contributed by atoms with Crippen LogP contribution in [0.1, 0.15) is 43.4 Å². The third kappa shape index (κ3) is 2.61. The summed E-state index contributed by atoms with van der Waals surface area (Å²) in [5.74, 6) is 0.496. The molecule has 1 N–H and O–H groups in total. The van der Waals surface area contributed by atoms with Gasteiger partial charge in [-0.3, -0.25) is 0 Å². The van der Waals surface area contributed by atoms with Crippen LogP contribution in [0.3, 0.4) is 0 Å². The first-order chi connectivity index (χ1) is 9.75. The fraction of sp³-hybridized carbons (Fsp3) is 0.562. The molecule has 0 radical (unpaired) electrons. The first-order valence-corrected chi connectivity index (χ1v) is 8.71. The Balaban J connectivity index is 1.95. The summed E-state index contributed by atoms with van der Waals surface area (Å²) >= 11 is 7.30. The average molecular weight is 307 g/mol. The Morgan fingerprint density at radius 2 is 2.15 bits per heavy atom. The normalized spacial score (nSPS) is 33.4. The molecule has 1 aromatic rings. The quantitative estimate of drug-likeness (QED) is 0.841. The van der Waals surface area contributed by atoms with E-state index >= 15 is 0 Å². The van der Waals surface area contributed by atoms with Crippen LogP contribution in [0.2, 0.25) is 0 Å². The molecule has 3 atom stereocenters. The number of thiocarbonyl (C=S) groups is 1. The van der Waals surface area contributed by atoms with Crippen molar-refractivity contribution in [3.8, 4) is 0 Å². The zero-order valence-electron chi connectivity index (χ0n) is 11.8. The zero-order valence-corrected chi connectivity index (χ0v) is 13.4. The van der Waals surface area contributed by atoms with Gasteiger partial charge >= 0.3 is 0 Å². The minimum atomic E-state index is -0.240. The molecule has 2 aliphatic rings. The van der Waals surface area contributed by atoms with Crippen molar-refractivity contribution in [2.75, 3.05) is 6.61 Å². The fourth-order valence-electron chi connectivity index (χ4n) is 3.54. The van der Waals surface area contributed by atoms with Crippen molar-refractivity contribution in [1.82, 2.24) is 5.32 Å². The van der Waals surface area contributed by atoms with Gasteiger partial charge in [0.1, 0.15) is 10.0 Å². The van der Waals surface area contributed by atoms with Crippen molar-refractivity contribution >= 4 is 28.3 Å². The van der Waals surface area contributed by atoms with Gasteiger partial charge in [0.15, 0.2) is 0 Å². The zero-order chi connectivity index (χ0) is 14.0. The van der Waals surface area contributed by atoms with E-state index in [-0.39, 0.29) is 5.72 Å². The molecule has 3 rings (SSSR count). The van der Waals surface area contributed by atoms with E-state index in [0.717, 1.165) is 17.3 Å². The molecule has 20 heavy (non-hydrogen) atoms. The minimum absolute atomic E-state index is 0.240. The van der Waals surface area contributed by atoms with Gasteiger partial charge in [0.25, 0.3) is 0 Å². The summed E-state index contributed by atoms with van der Waals surface area (Å²) < 4.78 is 7.06. The van der Waals surface area contributed by atoms with E-state index in [1.807, 2.05) is 0 Å². The summed E-state index contributed by atoms with van der Waals surface area (Å²) in [6.07, 6.45) is 4.79. The topological polar surface area (TPSA) is 21.3 Å². The molecule has 108 valence electrons. The number of hydrogen-bond acceptors (Lipinski definition) is 3. The van der Waals surface area contributed by atoms with Crippen LogP contribution in [-0.2, 0) is 4.74 Å². The van der Waals surface area contributed by atoms with Gasteiger partial charge in [0.05, 0.1) is 0 Å². The van der Waals surface area contributed by atoms with Crippen LogP contribution in [0, 0.1) is 5.92 Å². The second kappa shape index (κ2) is 6.04. The third-order valence-electron chi connectivity index (χ3n) is 4.36. The van der Waals surface area contributed by atoms with Gasteiger partial charge < -0.3 is 10.1 Å². The van der Waals surface area contributed by atoms with Gasteiger partial charge in [-0.2, -0.15) is 0 Å². The smallest absolute Gasteiger partial charge is 0.143 e. The van der Waals surface area contributed by atoms with Gasteiger partial charge in [-0.15, -0.1) is 0 Å². The Kier molecular flexibility index (Phi) is 4.34. The average Bonchev–Trinajstić information content (AvgIpc) is 2.47. The van der Waals surface area contributed by atoms with Crippen LogP contribution >= 0.6 is 24.0 Å².